The fourth-order valence-electron chi connectivity index (χ4n) is 2.12. The van der Waals surface area contributed by atoms with Gasteiger partial charge in [0.05, 0.1) is 6.54 Å². The van der Waals surface area contributed by atoms with E-state index >= 15 is 0 Å². The molecule has 1 fully saturated rings. The third-order valence-electron chi connectivity index (χ3n) is 3.24. The minimum Gasteiger partial charge on any atom is -0.376 e. The fraction of sp³-hybridized carbons (Fsp3) is 0.500. The van der Waals surface area contributed by atoms with Gasteiger partial charge in [0.2, 0.25) is 5.91 Å². The summed E-state index contributed by atoms with van der Waals surface area (Å²) in [6.07, 6.45) is 1.56. The Bertz CT molecular complexity index is 500. The van der Waals surface area contributed by atoms with Gasteiger partial charge < -0.3 is 20.9 Å². The van der Waals surface area contributed by atoms with Crippen molar-refractivity contribution in [2.75, 3.05) is 44.6 Å². The third kappa shape index (κ3) is 4.42. The lowest BCUT2D eigenvalue weighted by molar-refractivity contribution is -0.129. The number of aromatic nitrogens is 1. The van der Waals surface area contributed by atoms with Gasteiger partial charge in [-0.25, -0.2) is 0 Å². The van der Waals surface area contributed by atoms with Gasteiger partial charge in [-0.15, -0.1) is 0 Å². The normalized spacial score (nSPS) is 14.6. The number of carbonyl (C=O) groups excluding carboxylic acids is 2. The molecule has 3 N–H and O–H groups in total. The van der Waals surface area contributed by atoms with Crippen LogP contribution in [0.4, 0.5) is 5.69 Å². The van der Waals surface area contributed by atoms with E-state index in [2.05, 4.69) is 20.9 Å². The molecule has 21 heavy (non-hydrogen) atoms. The number of pyridine rings is 1. The second kappa shape index (κ2) is 7.58. The van der Waals surface area contributed by atoms with Gasteiger partial charge in [-0.05, 0) is 19.1 Å². The topological polar surface area (TPSA) is 86.4 Å². The second-order valence-corrected chi connectivity index (χ2v) is 4.77. The molecule has 0 bridgehead atoms. The molecule has 2 heterocycles. The molecule has 114 valence electrons. The Labute approximate surface area is 124 Å². The van der Waals surface area contributed by atoms with E-state index in [0.717, 1.165) is 31.9 Å². The van der Waals surface area contributed by atoms with Crippen molar-refractivity contribution in [2.45, 2.75) is 6.92 Å². The molecular formula is C14H21N5O2. The number of nitrogens with zero attached hydrogens (tertiary/aromatic N) is 2. The van der Waals surface area contributed by atoms with Crippen LogP contribution in [0.3, 0.4) is 0 Å². The van der Waals surface area contributed by atoms with Crippen molar-refractivity contribution in [3.05, 3.63) is 24.0 Å². The molecule has 2 amide bonds. The molecule has 0 unspecified atom stereocenters. The first-order valence-corrected chi connectivity index (χ1v) is 7.17. The molecule has 1 aliphatic rings. The van der Waals surface area contributed by atoms with E-state index in [-0.39, 0.29) is 18.4 Å². The average Bonchev–Trinajstić information content (AvgIpc) is 2.54. The van der Waals surface area contributed by atoms with Crippen molar-refractivity contribution < 1.29 is 9.59 Å². The lowest BCUT2D eigenvalue weighted by Crippen LogP contribution is -2.48. The molecule has 1 aromatic rings. The lowest BCUT2D eigenvalue weighted by Gasteiger charge is -2.27. The standard InChI is InChI=1S/C14H21N5O2/c1-2-16-14(21)12-9-11(3-4-17-12)18-10-13(20)19-7-5-15-6-8-19/h3-4,9,15H,2,5-8,10H2,1H3,(H,16,21)(H,17,18). The van der Waals surface area contributed by atoms with E-state index in [4.69, 9.17) is 0 Å². The summed E-state index contributed by atoms with van der Waals surface area (Å²) in [6, 6.07) is 3.39. The molecule has 0 atom stereocenters. The molecule has 0 radical (unpaired) electrons. The van der Waals surface area contributed by atoms with Crippen LogP contribution in [0.25, 0.3) is 0 Å². The maximum absolute atomic E-state index is 12.0. The lowest BCUT2D eigenvalue weighted by atomic mass is 10.3. The van der Waals surface area contributed by atoms with Gasteiger partial charge >= 0.3 is 0 Å². The zero-order valence-corrected chi connectivity index (χ0v) is 12.2. The first kappa shape index (κ1) is 15.2. The third-order valence-corrected chi connectivity index (χ3v) is 3.24. The van der Waals surface area contributed by atoms with Crippen LogP contribution in [0.5, 0.6) is 0 Å². The maximum Gasteiger partial charge on any atom is 0.269 e. The van der Waals surface area contributed by atoms with Crippen LogP contribution in [-0.2, 0) is 4.79 Å². The molecule has 1 aliphatic heterocycles. The summed E-state index contributed by atoms with van der Waals surface area (Å²) in [5.74, 6) is -0.151. The number of hydrogen-bond donors (Lipinski definition) is 3. The zero-order chi connectivity index (χ0) is 15.1. The van der Waals surface area contributed by atoms with Crippen LogP contribution in [0.1, 0.15) is 17.4 Å². The van der Waals surface area contributed by atoms with E-state index in [1.807, 2.05) is 11.8 Å². The number of carbonyl (C=O) groups is 2. The molecule has 0 aromatic carbocycles. The van der Waals surface area contributed by atoms with Crippen LogP contribution in [0.15, 0.2) is 18.3 Å². The number of piperazine rings is 1. The SMILES string of the molecule is CCNC(=O)c1cc(NCC(=O)N2CCNCC2)ccn1. The van der Waals surface area contributed by atoms with Crippen LogP contribution >= 0.6 is 0 Å². The Morgan fingerprint density at radius 3 is 2.86 bits per heavy atom. The van der Waals surface area contributed by atoms with E-state index in [9.17, 15) is 9.59 Å². The highest BCUT2D eigenvalue weighted by molar-refractivity contribution is 5.93. The summed E-state index contributed by atoms with van der Waals surface area (Å²) in [5, 5.41) is 8.95. The van der Waals surface area contributed by atoms with Crippen molar-refractivity contribution >= 4 is 17.5 Å². The van der Waals surface area contributed by atoms with Crippen molar-refractivity contribution in [1.82, 2.24) is 20.5 Å². The van der Waals surface area contributed by atoms with Gasteiger partial charge in [-0.2, -0.15) is 0 Å². The minimum absolute atomic E-state index is 0.0628. The molecular weight excluding hydrogens is 270 g/mol. The van der Waals surface area contributed by atoms with Gasteiger partial charge in [-0.1, -0.05) is 0 Å². The number of amides is 2. The summed E-state index contributed by atoms with van der Waals surface area (Å²) < 4.78 is 0. The maximum atomic E-state index is 12.0. The molecule has 7 heteroatoms. The van der Waals surface area contributed by atoms with E-state index in [0.29, 0.717) is 12.2 Å². The first-order chi connectivity index (χ1) is 10.2. The first-order valence-electron chi connectivity index (χ1n) is 7.17. The summed E-state index contributed by atoms with van der Waals surface area (Å²) >= 11 is 0. The fourth-order valence-corrected chi connectivity index (χ4v) is 2.12. The molecule has 1 aromatic heterocycles. The van der Waals surface area contributed by atoms with Crippen LogP contribution in [0, 0.1) is 0 Å². The minimum atomic E-state index is -0.213. The highest BCUT2D eigenvalue weighted by Gasteiger charge is 2.15. The van der Waals surface area contributed by atoms with Gasteiger partial charge in [0.25, 0.3) is 5.91 Å². The monoisotopic (exact) mass is 291 g/mol. The Morgan fingerprint density at radius 2 is 2.14 bits per heavy atom. The summed E-state index contributed by atoms with van der Waals surface area (Å²) in [5.41, 5.74) is 1.06. The summed E-state index contributed by atoms with van der Waals surface area (Å²) in [4.78, 5) is 29.6. The van der Waals surface area contributed by atoms with Gasteiger partial charge in [0.15, 0.2) is 0 Å². The highest BCUT2D eigenvalue weighted by Crippen LogP contribution is 2.08. The van der Waals surface area contributed by atoms with Crippen LogP contribution < -0.4 is 16.0 Å². The Kier molecular flexibility index (Phi) is 5.51. The highest BCUT2D eigenvalue weighted by atomic mass is 16.2. The van der Waals surface area contributed by atoms with E-state index < -0.39 is 0 Å². The van der Waals surface area contributed by atoms with E-state index in [1.165, 1.54) is 0 Å². The summed E-state index contributed by atoms with van der Waals surface area (Å²) in [6.45, 7) is 5.78. The van der Waals surface area contributed by atoms with Crippen LogP contribution in [0.2, 0.25) is 0 Å². The molecule has 7 nitrogen and oxygen atoms in total. The van der Waals surface area contributed by atoms with Gasteiger partial charge in [0, 0.05) is 44.6 Å². The Balaban J connectivity index is 1.89. The average molecular weight is 291 g/mol. The number of hydrogen-bond acceptors (Lipinski definition) is 5. The quantitative estimate of drug-likeness (QED) is 0.692. The Hall–Kier alpha value is -2.15. The van der Waals surface area contributed by atoms with E-state index in [1.54, 1.807) is 18.3 Å². The predicted molar refractivity (Wildman–Crippen MR) is 80.2 cm³/mol. The largest absolute Gasteiger partial charge is 0.376 e. The van der Waals surface area contributed by atoms with Gasteiger partial charge in [0.1, 0.15) is 5.69 Å². The predicted octanol–water partition coefficient (Wildman–Crippen LogP) is -0.325. The Morgan fingerprint density at radius 1 is 1.38 bits per heavy atom. The molecule has 0 spiro atoms. The molecule has 0 saturated carbocycles. The molecule has 2 rings (SSSR count). The van der Waals surface area contributed by atoms with Crippen molar-refractivity contribution in [3.8, 4) is 0 Å². The van der Waals surface area contributed by atoms with Crippen molar-refractivity contribution in [1.29, 1.82) is 0 Å². The van der Waals surface area contributed by atoms with Crippen molar-refractivity contribution in [3.63, 3.8) is 0 Å². The number of anilines is 1. The number of rotatable bonds is 5. The molecule has 1 saturated heterocycles. The van der Waals surface area contributed by atoms with Gasteiger partial charge in [-0.3, -0.25) is 14.6 Å². The van der Waals surface area contributed by atoms with Crippen molar-refractivity contribution in [2.24, 2.45) is 0 Å². The second-order valence-electron chi connectivity index (χ2n) is 4.77. The smallest absolute Gasteiger partial charge is 0.269 e. The van der Waals surface area contributed by atoms with Crippen LogP contribution in [-0.4, -0.2) is 61.0 Å². The number of nitrogens with one attached hydrogen (secondary N) is 3. The molecule has 0 aliphatic carbocycles. The zero-order valence-electron chi connectivity index (χ0n) is 12.2. The summed E-state index contributed by atoms with van der Waals surface area (Å²) in [7, 11) is 0.